The van der Waals surface area contributed by atoms with E-state index < -0.39 is 4.92 Å². The maximum Gasteiger partial charge on any atom is 0.389 e. The highest BCUT2D eigenvalue weighted by atomic mass is 16.6. The molecule has 1 aromatic carbocycles. The number of aromatic nitrogens is 2. The Balaban J connectivity index is 2.21. The number of nitro groups is 1. The van der Waals surface area contributed by atoms with E-state index in [1.54, 1.807) is 13.3 Å². The Kier molecular flexibility index (Phi) is 4.89. The van der Waals surface area contributed by atoms with Crippen LogP contribution in [0, 0.1) is 10.1 Å². The van der Waals surface area contributed by atoms with Crippen LogP contribution in [0.2, 0.25) is 0 Å². The van der Waals surface area contributed by atoms with E-state index in [1.165, 1.54) is 10.7 Å². The number of aryl methyl sites for hydroxylation is 1. The number of methoxy groups -OCH3 is 1. The van der Waals surface area contributed by atoms with E-state index in [4.69, 9.17) is 10.5 Å². The van der Waals surface area contributed by atoms with Crippen LogP contribution in [0.25, 0.3) is 0 Å². The molecule has 0 fully saturated rings. The number of benzene rings is 1. The first kappa shape index (κ1) is 15.0. The quantitative estimate of drug-likeness (QED) is 0.619. The molecule has 0 saturated heterocycles. The van der Waals surface area contributed by atoms with Gasteiger partial charge in [-0.2, -0.15) is 4.68 Å². The molecule has 0 unspecified atom stereocenters. The van der Waals surface area contributed by atoms with Crippen molar-refractivity contribution in [1.29, 1.82) is 0 Å². The molecule has 0 bridgehead atoms. The smallest absolute Gasteiger partial charge is 0.389 e. The topological polar surface area (TPSA) is 96.2 Å². The molecule has 21 heavy (non-hydrogen) atoms. The Morgan fingerprint density at radius 1 is 1.43 bits per heavy atom. The van der Waals surface area contributed by atoms with Crippen LogP contribution >= 0.6 is 0 Å². The molecule has 0 aliphatic carbocycles. The summed E-state index contributed by atoms with van der Waals surface area (Å²) in [6.07, 6.45) is 3.40. The van der Waals surface area contributed by atoms with Crippen molar-refractivity contribution < 1.29 is 9.66 Å². The summed E-state index contributed by atoms with van der Waals surface area (Å²) in [6, 6.07) is 7.31. The number of rotatable bonds is 7. The lowest BCUT2D eigenvalue weighted by Gasteiger charge is -2.09. The Morgan fingerprint density at radius 2 is 2.24 bits per heavy atom. The molecule has 7 heteroatoms. The normalized spacial score (nSPS) is 10.6. The lowest BCUT2D eigenvalue weighted by atomic mass is 10.1. The van der Waals surface area contributed by atoms with Crippen molar-refractivity contribution in [2.45, 2.75) is 19.4 Å². The van der Waals surface area contributed by atoms with Crippen LogP contribution in [0.4, 0.5) is 5.82 Å². The summed E-state index contributed by atoms with van der Waals surface area (Å²) in [6.45, 7) is 1.07. The Labute approximate surface area is 122 Å². The van der Waals surface area contributed by atoms with E-state index in [1.807, 2.05) is 18.2 Å². The second kappa shape index (κ2) is 6.85. The summed E-state index contributed by atoms with van der Waals surface area (Å²) in [5, 5.41) is 14.6. The molecule has 2 aromatic rings. The van der Waals surface area contributed by atoms with Gasteiger partial charge in [0.05, 0.1) is 31.0 Å². The first-order valence-electron chi connectivity index (χ1n) is 6.67. The summed E-state index contributed by atoms with van der Waals surface area (Å²) >= 11 is 0. The SMILES string of the molecule is COc1ccc(CCCN)cc1Cn1ccc([N+](=O)[O-])n1. The Bertz CT molecular complexity index is 624. The van der Waals surface area contributed by atoms with Crippen LogP contribution in [0.5, 0.6) is 5.75 Å². The standard InChI is InChI=1S/C14H18N4O3/c1-21-13-5-4-11(3-2-7-15)9-12(13)10-17-8-6-14(16-17)18(19)20/h4-6,8-9H,2-3,7,10,15H2,1H3. The van der Waals surface area contributed by atoms with Crippen molar-refractivity contribution in [2.75, 3.05) is 13.7 Å². The van der Waals surface area contributed by atoms with Gasteiger partial charge in [-0.1, -0.05) is 12.1 Å². The van der Waals surface area contributed by atoms with Gasteiger partial charge in [-0.15, -0.1) is 0 Å². The van der Waals surface area contributed by atoms with Gasteiger partial charge in [0.25, 0.3) is 0 Å². The highest BCUT2D eigenvalue weighted by Gasteiger charge is 2.13. The molecule has 0 aliphatic rings. The second-order valence-electron chi connectivity index (χ2n) is 4.67. The average molecular weight is 290 g/mol. The van der Waals surface area contributed by atoms with Crippen molar-refractivity contribution in [3.8, 4) is 5.75 Å². The van der Waals surface area contributed by atoms with Gasteiger partial charge in [0.1, 0.15) is 5.75 Å². The highest BCUT2D eigenvalue weighted by Crippen LogP contribution is 2.22. The zero-order valence-corrected chi connectivity index (χ0v) is 11.9. The van der Waals surface area contributed by atoms with Crippen LogP contribution < -0.4 is 10.5 Å². The van der Waals surface area contributed by atoms with Crippen molar-refractivity contribution in [2.24, 2.45) is 5.73 Å². The van der Waals surface area contributed by atoms with Crippen molar-refractivity contribution in [3.63, 3.8) is 0 Å². The molecule has 112 valence electrons. The molecule has 0 radical (unpaired) electrons. The third-order valence-corrected chi connectivity index (χ3v) is 3.16. The van der Waals surface area contributed by atoms with E-state index in [0.717, 1.165) is 29.7 Å². The fourth-order valence-corrected chi connectivity index (χ4v) is 2.13. The van der Waals surface area contributed by atoms with E-state index in [0.29, 0.717) is 13.1 Å². The lowest BCUT2D eigenvalue weighted by molar-refractivity contribution is -0.389. The lowest BCUT2D eigenvalue weighted by Crippen LogP contribution is -2.05. The second-order valence-corrected chi connectivity index (χ2v) is 4.67. The highest BCUT2D eigenvalue weighted by molar-refractivity contribution is 5.37. The third kappa shape index (κ3) is 3.79. The number of nitrogens with two attached hydrogens (primary N) is 1. The molecule has 1 heterocycles. The minimum Gasteiger partial charge on any atom is -0.496 e. The predicted octanol–water partition coefficient (Wildman–Crippen LogP) is 1.74. The summed E-state index contributed by atoms with van der Waals surface area (Å²) in [5.41, 5.74) is 7.62. The molecule has 0 atom stereocenters. The van der Waals surface area contributed by atoms with Gasteiger partial charge in [0.15, 0.2) is 0 Å². The molecular weight excluding hydrogens is 272 g/mol. The van der Waals surface area contributed by atoms with Crippen LogP contribution in [0.1, 0.15) is 17.5 Å². The van der Waals surface area contributed by atoms with Crippen LogP contribution in [0.15, 0.2) is 30.5 Å². The molecule has 0 spiro atoms. The predicted molar refractivity (Wildman–Crippen MR) is 78.4 cm³/mol. The Hall–Kier alpha value is -2.41. The maximum absolute atomic E-state index is 10.7. The largest absolute Gasteiger partial charge is 0.496 e. The fourth-order valence-electron chi connectivity index (χ4n) is 2.13. The fraction of sp³-hybridized carbons (Fsp3) is 0.357. The summed E-state index contributed by atoms with van der Waals surface area (Å²) in [7, 11) is 1.60. The van der Waals surface area contributed by atoms with Gasteiger partial charge in [-0.25, -0.2) is 0 Å². The van der Waals surface area contributed by atoms with E-state index in [2.05, 4.69) is 5.10 Å². The molecule has 2 rings (SSSR count). The average Bonchev–Trinajstić information content (AvgIpc) is 2.94. The van der Waals surface area contributed by atoms with Crippen LogP contribution in [-0.4, -0.2) is 28.4 Å². The van der Waals surface area contributed by atoms with Gasteiger partial charge in [0, 0.05) is 5.56 Å². The zero-order valence-electron chi connectivity index (χ0n) is 11.9. The molecule has 1 aromatic heterocycles. The minimum atomic E-state index is -0.509. The van der Waals surface area contributed by atoms with Gasteiger partial charge < -0.3 is 20.6 Å². The van der Waals surface area contributed by atoms with Crippen LogP contribution in [0.3, 0.4) is 0 Å². The molecule has 0 saturated carbocycles. The first-order chi connectivity index (χ1) is 10.1. The van der Waals surface area contributed by atoms with E-state index >= 15 is 0 Å². The number of hydrogen-bond donors (Lipinski definition) is 1. The molecule has 0 aliphatic heterocycles. The minimum absolute atomic E-state index is 0.159. The van der Waals surface area contributed by atoms with E-state index in [9.17, 15) is 10.1 Å². The monoisotopic (exact) mass is 290 g/mol. The third-order valence-electron chi connectivity index (χ3n) is 3.16. The molecule has 7 nitrogen and oxygen atoms in total. The van der Waals surface area contributed by atoms with Gasteiger partial charge in [-0.3, -0.25) is 0 Å². The van der Waals surface area contributed by atoms with Crippen molar-refractivity contribution >= 4 is 5.82 Å². The number of hydrogen-bond acceptors (Lipinski definition) is 5. The van der Waals surface area contributed by atoms with E-state index in [-0.39, 0.29) is 5.82 Å². The molecule has 0 amide bonds. The summed E-state index contributed by atoms with van der Waals surface area (Å²) in [4.78, 5) is 10.1. The number of ether oxygens (including phenoxy) is 1. The van der Waals surface area contributed by atoms with Gasteiger partial charge >= 0.3 is 5.82 Å². The summed E-state index contributed by atoms with van der Waals surface area (Å²) in [5.74, 6) is 0.581. The maximum atomic E-state index is 10.7. The molecule has 2 N–H and O–H groups in total. The van der Waals surface area contributed by atoms with Crippen molar-refractivity contribution in [3.05, 3.63) is 51.7 Å². The van der Waals surface area contributed by atoms with Crippen LogP contribution in [-0.2, 0) is 13.0 Å². The van der Waals surface area contributed by atoms with Crippen molar-refractivity contribution in [1.82, 2.24) is 9.78 Å². The van der Waals surface area contributed by atoms with Gasteiger partial charge in [-0.05, 0) is 35.9 Å². The first-order valence-corrected chi connectivity index (χ1v) is 6.67. The zero-order chi connectivity index (χ0) is 15.2. The molecular formula is C14H18N4O3. The van der Waals surface area contributed by atoms with Gasteiger partial charge in [0.2, 0.25) is 0 Å². The summed E-state index contributed by atoms with van der Waals surface area (Å²) < 4.78 is 6.86. The number of nitrogens with zero attached hydrogens (tertiary/aromatic N) is 3. The Morgan fingerprint density at radius 3 is 2.86 bits per heavy atom.